The SMILES string of the molecule is CCN(Cc1ccccc1Cl)C(=O)Cc1c(C)nn(C)c1C. The lowest BCUT2D eigenvalue weighted by Crippen LogP contribution is -2.32. The zero-order valence-electron chi connectivity index (χ0n) is 13.6. The van der Waals surface area contributed by atoms with Gasteiger partial charge < -0.3 is 4.90 Å². The maximum atomic E-state index is 12.6. The van der Waals surface area contributed by atoms with E-state index in [0.29, 0.717) is 24.5 Å². The summed E-state index contributed by atoms with van der Waals surface area (Å²) in [5, 5.41) is 5.07. The first-order valence-corrected chi connectivity index (χ1v) is 7.82. The molecule has 0 aliphatic carbocycles. The molecule has 0 saturated carbocycles. The Morgan fingerprint density at radius 2 is 2.00 bits per heavy atom. The van der Waals surface area contributed by atoms with Gasteiger partial charge in [0.25, 0.3) is 0 Å². The molecule has 1 aromatic carbocycles. The van der Waals surface area contributed by atoms with Crippen LogP contribution in [0.15, 0.2) is 24.3 Å². The van der Waals surface area contributed by atoms with Gasteiger partial charge in [0.05, 0.1) is 12.1 Å². The van der Waals surface area contributed by atoms with Crippen molar-refractivity contribution in [3.63, 3.8) is 0 Å². The predicted molar refractivity (Wildman–Crippen MR) is 88.9 cm³/mol. The van der Waals surface area contributed by atoms with Gasteiger partial charge in [-0.1, -0.05) is 29.8 Å². The number of halogens is 1. The standard InChI is InChI=1S/C17H22ClN3O/c1-5-21(11-14-8-6-7-9-16(14)18)17(22)10-15-12(2)19-20(4)13(15)3/h6-9H,5,10-11H2,1-4H3. The first-order chi connectivity index (χ1) is 10.4. The van der Waals surface area contributed by atoms with Gasteiger partial charge >= 0.3 is 0 Å². The summed E-state index contributed by atoms with van der Waals surface area (Å²) in [7, 11) is 1.90. The minimum atomic E-state index is 0.0987. The largest absolute Gasteiger partial charge is 0.338 e. The minimum absolute atomic E-state index is 0.0987. The molecule has 0 unspecified atom stereocenters. The first kappa shape index (κ1) is 16.6. The van der Waals surface area contributed by atoms with Crippen molar-refractivity contribution in [3.05, 3.63) is 51.8 Å². The lowest BCUT2D eigenvalue weighted by atomic mass is 10.1. The van der Waals surface area contributed by atoms with Crippen LogP contribution in [0, 0.1) is 13.8 Å². The van der Waals surface area contributed by atoms with Crippen molar-refractivity contribution in [2.45, 2.75) is 33.7 Å². The van der Waals surface area contributed by atoms with E-state index in [0.717, 1.165) is 22.5 Å². The zero-order valence-corrected chi connectivity index (χ0v) is 14.3. The Hall–Kier alpha value is -1.81. The Bertz CT molecular complexity index is 679. The lowest BCUT2D eigenvalue weighted by Gasteiger charge is -2.21. The van der Waals surface area contributed by atoms with Gasteiger partial charge in [0.1, 0.15) is 0 Å². The van der Waals surface area contributed by atoms with Crippen LogP contribution in [0.4, 0.5) is 0 Å². The highest BCUT2D eigenvalue weighted by atomic mass is 35.5. The fourth-order valence-electron chi connectivity index (χ4n) is 2.54. The number of carbonyl (C=O) groups is 1. The molecular weight excluding hydrogens is 298 g/mol. The zero-order chi connectivity index (χ0) is 16.3. The molecule has 5 heteroatoms. The van der Waals surface area contributed by atoms with Gasteiger partial charge in [0, 0.05) is 36.4 Å². The molecule has 22 heavy (non-hydrogen) atoms. The van der Waals surface area contributed by atoms with Crippen LogP contribution in [0.2, 0.25) is 5.02 Å². The molecule has 0 aliphatic heterocycles. The summed E-state index contributed by atoms with van der Waals surface area (Å²) in [6, 6.07) is 7.64. The second-order valence-corrected chi connectivity index (χ2v) is 5.86. The maximum Gasteiger partial charge on any atom is 0.227 e. The van der Waals surface area contributed by atoms with Crippen LogP contribution in [-0.4, -0.2) is 27.1 Å². The number of benzene rings is 1. The summed E-state index contributed by atoms with van der Waals surface area (Å²) in [4.78, 5) is 14.4. The normalized spacial score (nSPS) is 10.8. The average molecular weight is 320 g/mol. The van der Waals surface area contributed by atoms with Crippen LogP contribution in [0.3, 0.4) is 0 Å². The summed E-state index contributed by atoms with van der Waals surface area (Å²) in [6.07, 6.45) is 0.379. The fourth-order valence-corrected chi connectivity index (χ4v) is 2.74. The number of rotatable bonds is 5. The molecule has 0 fully saturated rings. The fraction of sp³-hybridized carbons (Fsp3) is 0.412. The third-order valence-corrected chi connectivity index (χ3v) is 4.41. The van der Waals surface area contributed by atoms with Crippen LogP contribution in [0.5, 0.6) is 0 Å². The molecule has 0 bridgehead atoms. The van der Waals surface area contributed by atoms with Crippen molar-refractivity contribution in [1.82, 2.24) is 14.7 Å². The van der Waals surface area contributed by atoms with E-state index in [9.17, 15) is 4.79 Å². The molecule has 1 aromatic heterocycles. The Labute approximate surface area is 136 Å². The topological polar surface area (TPSA) is 38.1 Å². The van der Waals surface area contributed by atoms with Gasteiger partial charge in [-0.2, -0.15) is 5.10 Å². The van der Waals surface area contributed by atoms with E-state index in [1.54, 1.807) is 0 Å². The molecule has 0 spiro atoms. The molecular formula is C17H22ClN3O. The summed E-state index contributed by atoms with van der Waals surface area (Å²) >= 11 is 6.19. The molecule has 0 atom stereocenters. The van der Waals surface area contributed by atoms with Gasteiger partial charge in [-0.3, -0.25) is 9.48 Å². The molecule has 2 aromatic rings. The quantitative estimate of drug-likeness (QED) is 0.848. The monoisotopic (exact) mass is 319 g/mol. The van der Waals surface area contributed by atoms with Crippen molar-refractivity contribution < 1.29 is 4.79 Å². The summed E-state index contributed by atoms with van der Waals surface area (Å²) in [6.45, 7) is 7.11. The van der Waals surface area contributed by atoms with E-state index in [1.807, 2.05) is 61.7 Å². The lowest BCUT2D eigenvalue weighted by molar-refractivity contribution is -0.130. The maximum absolute atomic E-state index is 12.6. The third-order valence-electron chi connectivity index (χ3n) is 4.04. The number of hydrogen-bond donors (Lipinski definition) is 0. The number of likely N-dealkylation sites (N-methyl/N-ethyl adjacent to an activating group) is 1. The average Bonchev–Trinajstić information content (AvgIpc) is 2.72. The second-order valence-electron chi connectivity index (χ2n) is 5.45. The molecule has 0 aliphatic rings. The van der Waals surface area contributed by atoms with E-state index in [-0.39, 0.29) is 5.91 Å². The molecule has 118 valence electrons. The summed E-state index contributed by atoms with van der Waals surface area (Å²) < 4.78 is 1.82. The highest BCUT2D eigenvalue weighted by Gasteiger charge is 2.18. The molecule has 0 saturated heterocycles. The van der Waals surface area contributed by atoms with Crippen LogP contribution < -0.4 is 0 Å². The van der Waals surface area contributed by atoms with E-state index >= 15 is 0 Å². The highest BCUT2D eigenvalue weighted by Crippen LogP contribution is 2.19. The minimum Gasteiger partial charge on any atom is -0.338 e. The van der Waals surface area contributed by atoms with Gasteiger partial charge in [0.15, 0.2) is 0 Å². The Balaban J connectivity index is 2.14. The van der Waals surface area contributed by atoms with E-state index in [2.05, 4.69) is 5.10 Å². The number of aryl methyl sites for hydroxylation is 2. The molecule has 0 N–H and O–H groups in total. The number of nitrogens with zero attached hydrogens (tertiary/aromatic N) is 3. The second kappa shape index (κ2) is 6.97. The van der Waals surface area contributed by atoms with Gasteiger partial charge in [-0.25, -0.2) is 0 Å². The van der Waals surface area contributed by atoms with Crippen LogP contribution in [0.1, 0.15) is 29.4 Å². The third kappa shape index (κ3) is 3.50. The van der Waals surface area contributed by atoms with Crippen LogP contribution >= 0.6 is 11.6 Å². The molecule has 2 rings (SSSR count). The Morgan fingerprint density at radius 1 is 1.32 bits per heavy atom. The number of amides is 1. The van der Waals surface area contributed by atoms with E-state index in [4.69, 9.17) is 11.6 Å². The van der Waals surface area contributed by atoms with Gasteiger partial charge in [-0.15, -0.1) is 0 Å². The van der Waals surface area contributed by atoms with E-state index in [1.165, 1.54) is 0 Å². The Morgan fingerprint density at radius 3 is 2.55 bits per heavy atom. The van der Waals surface area contributed by atoms with Crippen molar-refractivity contribution in [1.29, 1.82) is 0 Å². The molecule has 1 heterocycles. The van der Waals surface area contributed by atoms with Gasteiger partial charge in [0.2, 0.25) is 5.91 Å². The Kier molecular flexibility index (Phi) is 5.24. The molecule has 1 amide bonds. The molecule has 4 nitrogen and oxygen atoms in total. The van der Waals surface area contributed by atoms with Crippen molar-refractivity contribution >= 4 is 17.5 Å². The number of carbonyl (C=O) groups excluding carboxylic acids is 1. The van der Waals surface area contributed by atoms with Crippen LogP contribution in [-0.2, 0) is 24.8 Å². The molecule has 0 radical (unpaired) electrons. The van der Waals surface area contributed by atoms with Crippen molar-refractivity contribution in [2.24, 2.45) is 7.05 Å². The summed E-state index contributed by atoms with van der Waals surface area (Å²) in [5.41, 5.74) is 3.95. The van der Waals surface area contributed by atoms with E-state index < -0.39 is 0 Å². The van der Waals surface area contributed by atoms with Crippen LogP contribution in [0.25, 0.3) is 0 Å². The number of hydrogen-bond acceptors (Lipinski definition) is 2. The van der Waals surface area contributed by atoms with Gasteiger partial charge in [-0.05, 0) is 32.4 Å². The smallest absolute Gasteiger partial charge is 0.227 e. The predicted octanol–water partition coefficient (Wildman–Crippen LogP) is 3.28. The number of aromatic nitrogens is 2. The van der Waals surface area contributed by atoms with Crippen molar-refractivity contribution in [2.75, 3.05) is 6.54 Å². The summed E-state index contributed by atoms with van der Waals surface area (Å²) in [5.74, 6) is 0.0987. The first-order valence-electron chi connectivity index (χ1n) is 7.44. The highest BCUT2D eigenvalue weighted by molar-refractivity contribution is 6.31. The van der Waals surface area contributed by atoms with Crippen molar-refractivity contribution in [3.8, 4) is 0 Å².